The zero-order valence-electron chi connectivity index (χ0n) is 11.6. The molecular weight excluding hydrogens is 240 g/mol. The average Bonchev–Trinajstić information content (AvgIpc) is 2.90. The van der Waals surface area contributed by atoms with Gasteiger partial charge in [0.1, 0.15) is 0 Å². The topological polar surface area (TPSA) is 57.3 Å². The Hall–Kier alpha value is -1.62. The smallest absolute Gasteiger partial charge is 0.238 e. The molecule has 0 aliphatic heterocycles. The summed E-state index contributed by atoms with van der Waals surface area (Å²) in [6.07, 6.45) is 6.63. The number of rotatable bonds is 5. The molecule has 0 aromatic carbocycles. The van der Waals surface area contributed by atoms with Crippen LogP contribution in [0, 0.1) is 0 Å². The molecule has 0 spiro atoms. The van der Waals surface area contributed by atoms with E-state index in [1.54, 1.807) is 6.20 Å². The second kappa shape index (κ2) is 6.52. The molecule has 104 valence electrons. The van der Waals surface area contributed by atoms with E-state index in [4.69, 9.17) is 0 Å². The molecule has 1 aromatic heterocycles. The molecule has 1 aromatic rings. The summed E-state index contributed by atoms with van der Waals surface area (Å²) in [7, 11) is 3.82. The van der Waals surface area contributed by atoms with Crippen LogP contribution in [0.4, 0.5) is 11.5 Å². The molecule has 5 nitrogen and oxygen atoms in total. The van der Waals surface area contributed by atoms with Gasteiger partial charge in [0.25, 0.3) is 0 Å². The van der Waals surface area contributed by atoms with Crippen molar-refractivity contribution in [2.75, 3.05) is 30.9 Å². The molecule has 19 heavy (non-hydrogen) atoms. The predicted octanol–water partition coefficient (Wildman–Crippen LogP) is 1.62. The Labute approximate surface area is 114 Å². The number of amides is 1. The molecule has 1 saturated carbocycles. The number of hydrogen-bond donors (Lipinski definition) is 2. The van der Waals surface area contributed by atoms with E-state index in [-0.39, 0.29) is 5.91 Å². The number of aromatic nitrogens is 1. The molecule has 0 atom stereocenters. The fourth-order valence-corrected chi connectivity index (χ4v) is 2.41. The van der Waals surface area contributed by atoms with Gasteiger partial charge in [-0.1, -0.05) is 12.8 Å². The van der Waals surface area contributed by atoms with Crippen molar-refractivity contribution in [1.29, 1.82) is 0 Å². The Morgan fingerprint density at radius 3 is 2.84 bits per heavy atom. The number of carbonyl (C=O) groups excluding carboxylic acids is 1. The van der Waals surface area contributed by atoms with Gasteiger partial charge in [0.2, 0.25) is 5.91 Å². The molecule has 0 saturated heterocycles. The van der Waals surface area contributed by atoms with Crippen LogP contribution in [0.25, 0.3) is 0 Å². The van der Waals surface area contributed by atoms with Gasteiger partial charge in [-0.2, -0.15) is 0 Å². The first-order chi connectivity index (χ1) is 9.16. The van der Waals surface area contributed by atoms with Crippen molar-refractivity contribution in [1.82, 2.24) is 10.3 Å². The van der Waals surface area contributed by atoms with Crippen LogP contribution >= 0.6 is 0 Å². The molecular formula is C14H22N4O. The summed E-state index contributed by atoms with van der Waals surface area (Å²) in [6.45, 7) is 0.367. The highest BCUT2D eigenvalue weighted by Gasteiger charge is 2.16. The summed E-state index contributed by atoms with van der Waals surface area (Å²) < 4.78 is 0. The van der Waals surface area contributed by atoms with Crippen LogP contribution < -0.4 is 15.5 Å². The van der Waals surface area contributed by atoms with Crippen molar-refractivity contribution < 1.29 is 4.79 Å². The monoisotopic (exact) mass is 262 g/mol. The molecule has 1 heterocycles. The minimum atomic E-state index is -0.0111. The SMILES string of the molecule is CN(C)c1ncccc1NC(=O)CNC1CCCC1. The summed E-state index contributed by atoms with van der Waals surface area (Å²) in [4.78, 5) is 18.1. The third-order valence-corrected chi connectivity index (χ3v) is 3.39. The van der Waals surface area contributed by atoms with Gasteiger partial charge in [-0.25, -0.2) is 4.98 Å². The summed E-state index contributed by atoms with van der Waals surface area (Å²) in [5, 5.41) is 6.21. The largest absolute Gasteiger partial charge is 0.361 e. The highest BCUT2D eigenvalue weighted by molar-refractivity contribution is 5.94. The van der Waals surface area contributed by atoms with Gasteiger partial charge < -0.3 is 15.5 Å². The second-order valence-corrected chi connectivity index (χ2v) is 5.18. The van der Waals surface area contributed by atoms with Crippen molar-refractivity contribution in [3.63, 3.8) is 0 Å². The van der Waals surface area contributed by atoms with E-state index < -0.39 is 0 Å². The summed E-state index contributed by atoms with van der Waals surface area (Å²) in [5.41, 5.74) is 0.755. The minimum Gasteiger partial charge on any atom is -0.361 e. The lowest BCUT2D eigenvalue weighted by Crippen LogP contribution is -2.34. The Balaban J connectivity index is 1.87. The van der Waals surface area contributed by atoms with Gasteiger partial charge in [-0.15, -0.1) is 0 Å². The molecule has 0 bridgehead atoms. The fraction of sp³-hybridized carbons (Fsp3) is 0.571. The van der Waals surface area contributed by atoms with E-state index in [1.165, 1.54) is 25.7 Å². The number of hydrogen-bond acceptors (Lipinski definition) is 4. The molecule has 1 aliphatic carbocycles. The average molecular weight is 262 g/mol. The predicted molar refractivity (Wildman–Crippen MR) is 77.5 cm³/mol. The first-order valence-electron chi connectivity index (χ1n) is 6.82. The first kappa shape index (κ1) is 13.8. The normalized spacial score (nSPS) is 15.5. The Morgan fingerprint density at radius 2 is 2.16 bits per heavy atom. The maximum Gasteiger partial charge on any atom is 0.238 e. The van der Waals surface area contributed by atoms with Gasteiger partial charge in [0.05, 0.1) is 12.2 Å². The van der Waals surface area contributed by atoms with Crippen LogP contribution in [-0.2, 0) is 4.79 Å². The van der Waals surface area contributed by atoms with E-state index in [1.807, 2.05) is 31.1 Å². The lowest BCUT2D eigenvalue weighted by molar-refractivity contribution is -0.115. The van der Waals surface area contributed by atoms with Crippen molar-refractivity contribution >= 4 is 17.4 Å². The third-order valence-electron chi connectivity index (χ3n) is 3.39. The molecule has 2 rings (SSSR count). The number of nitrogens with zero attached hydrogens (tertiary/aromatic N) is 2. The van der Waals surface area contributed by atoms with Crippen molar-refractivity contribution in [3.05, 3.63) is 18.3 Å². The summed E-state index contributed by atoms with van der Waals surface area (Å²) in [6, 6.07) is 4.20. The maximum absolute atomic E-state index is 11.9. The highest BCUT2D eigenvalue weighted by Crippen LogP contribution is 2.20. The van der Waals surface area contributed by atoms with Crippen LogP contribution in [0.3, 0.4) is 0 Å². The standard InChI is InChI=1S/C14H22N4O/c1-18(2)14-12(8-5-9-15-14)17-13(19)10-16-11-6-3-4-7-11/h5,8-9,11,16H,3-4,6-7,10H2,1-2H3,(H,17,19). The number of nitrogens with one attached hydrogen (secondary N) is 2. The van der Waals surface area contributed by atoms with Gasteiger partial charge in [-0.05, 0) is 25.0 Å². The Bertz CT molecular complexity index is 427. The summed E-state index contributed by atoms with van der Waals surface area (Å²) >= 11 is 0. The van der Waals surface area contributed by atoms with E-state index in [2.05, 4.69) is 15.6 Å². The van der Waals surface area contributed by atoms with Crippen LogP contribution in [-0.4, -0.2) is 37.6 Å². The lowest BCUT2D eigenvalue weighted by atomic mass is 10.2. The van der Waals surface area contributed by atoms with E-state index in [0.717, 1.165) is 11.5 Å². The molecule has 0 radical (unpaired) electrons. The molecule has 5 heteroatoms. The second-order valence-electron chi connectivity index (χ2n) is 5.18. The molecule has 1 aliphatic rings. The minimum absolute atomic E-state index is 0.0111. The van der Waals surface area contributed by atoms with Crippen molar-refractivity contribution in [3.8, 4) is 0 Å². The Kier molecular flexibility index (Phi) is 4.74. The van der Waals surface area contributed by atoms with E-state index in [9.17, 15) is 4.79 Å². The molecule has 1 amide bonds. The lowest BCUT2D eigenvalue weighted by Gasteiger charge is -2.17. The zero-order valence-corrected chi connectivity index (χ0v) is 11.6. The number of carbonyl (C=O) groups is 1. The summed E-state index contributed by atoms with van der Waals surface area (Å²) in [5.74, 6) is 0.764. The van der Waals surface area contributed by atoms with Crippen molar-refractivity contribution in [2.24, 2.45) is 0 Å². The quantitative estimate of drug-likeness (QED) is 0.846. The Morgan fingerprint density at radius 1 is 1.42 bits per heavy atom. The van der Waals surface area contributed by atoms with Gasteiger partial charge in [0, 0.05) is 26.3 Å². The third kappa shape index (κ3) is 3.92. The van der Waals surface area contributed by atoms with Crippen molar-refractivity contribution in [2.45, 2.75) is 31.7 Å². The van der Waals surface area contributed by atoms with Crippen LogP contribution in [0.1, 0.15) is 25.7 Å². The maximum atomic E-state index is 11.9. The van der Waals surface area contributed by atoms with E-state index >= 15 is 0 Å². The first-order valence-corrected chi connectivity index (χ1v) is 6.82. The van der Waals surface area contributed by atoms with Gasteiger partial charge >= 0.3 is 0 Å². The molecule has 1 fully saturated rings. The number of pyridine rings is 1. The molecule has 0 unspecified atom stereocenters. The molecule has 2 N–H and O–H groups in total. The number of anilines is 2. The van der Waals surface area contributed by atoms with Gasteiger partial charge in [0.15, 0.2) is 5.82 Å². The highest BCUT2D eigenvalue weighted by atomic mass is 16.1. The zero-order chi connectivity index (χ0) is 13.7. The fourth-order valence-electron chi connectivity index (χ4n) is 2.41. The van der Waals surface area contributed by atoms with Crippen LogP contribution in [0.2, 0.25) is 0 Å². The van der Waals surface area contributed by atoms with Crippen LogP contribution in [0.15, 0.2) is 18.3 Å². The van der Waals surface area contributed by atoms with Crippen LogP contribution in [0.5, 0.6) is 0 Å². The van der Waals surface area contributed by atoms with E-state index in [0.29, 0.717) is 12.6 Å². The van der Waals surface area contributed by atoms with Gasteiger partial charge in [-0.3, -0.25) is 4.79 Å².